The second-order valence-corrected chi connectivity index (χ2v) is 6.53. The van der Waals surface area contributed by atoms with E-state index in [1.807, 2.05) is 0 Å². The molecule has 1 aliphatic carbocycles. The number of hydrogen-bond acceptors (Lipinski definition) is 1. The molecule has 0 bridgehead atoms. The first-order valence-electron chi connectivity index (χ1n) is 8.63. The van der Waals surface area contributed by atoms with E-state index in [-0.39, 0.29) is 0 Å². The number of hydrogen-bond donors (Lipinski definition) is 1. The van der Waals surface area contributed by atoms with Crippen molar-refractivity contribution in [3.63, 3.8) is 0 Å². The van der Waals surface area contributed by atoms with Crippen LogP contribution in [0.3, 0.4) is 0 Å². The minimum atomic E-state index is -0.651. The average molecular weight is 300 g/mol. The van der Waals surface area contributed by atoms with Gasteiger partial charge in [-0.1, -0.05) is 55.8 Å². The van der Waals surface area contributed by atoms with E-state index in [0.717, 1.165) is 25.7 Å². The number of carboxylic acids is 1. The van der Waals surface area contributed by atoms with E-state index >= 15 is 0 Å². The molecular formula is C20H28O2. The Morgan fingerprint density at radius 1 is 1.32 bits per heavy atom. The van der Waals surface area contributed by atoms with Gasteiger partial charge in [-0.2, -0.15) is 0 Å². The maximum absolute atomic E-state index is 10.9. The SMILES string of the molecule is CCC(/C=C/C1CCC[C@@H]1CC(=O)O)CCc1ccccc1. The summed E-state index contributed by atoms with van der Waals surface area (Å²) in [7, 11) is 0. The van der Waals surface area contributed by atoms with E-state index in [1.165, 1.54) is 18.4 Å². The van der Waals surface area contributed by atoms with Crippen molar-refractivity contribution >= 4 is 5.97 Å². The molecule has 120 valence electrons. The highest BCUT2D eigenvalue weighted by atomic mass is 16.4. The van der Waals surface area contributed by atoms with Crippen LogP contribution < -0.4 is 0 Å². The highest BCUT2D eigenvalue weighted by Gasteiger charge is 2.27. The summed E-state index contributed by atoms with van der Waals surface area (Å²) in [5.74, 6) is 0.773. The molecule has 22 heavy (non-hydrogen) atoms. The summed E-state index contributed by atoms with van der Waals surface area (Å²) >= 11 is 0. The standard InChI is InChI=1S/C20H28O2/c1-2-16(11-12-17-7-4-3-5-8-17)13-14-18-9-6-10-19(18)15-20(21)22/h3-5,7-8,13-14,16,18-19H,2,6,9-12,15H2,1H3,(H,21,22)/b14-13+/t16?,18?,19-/m1/s1. The minimum absolute atomic E-state index is 0.329. The van der Waals surface area contributed by atoms with E-state index in [4.69, 9.17) is 5.11 Å². The molecule has 3 atom stereocenters. The number of rotatable bonds is 8. The predicted octanol–water partition coefficient (Wildman–Crippen LogP) is 5.09. The number of benzene rings is 1. The van der Waals surface area contributed by atoms with E-state index < -0.39 is 5.97 Å². The Hall–Kier alpha value is -1.57. The second-order valence-electron chi connectivity index (χ2n) is 6.53. The van der Waals surface area contributed by atoms with Crippen molar-refractivity contribution in [2.45, 2.75) is 51.9 Å². The molecule has 1 saturated carbocycles. The lowest BCUT2D eigenvalue weighted by Gasteiger charge is -2.16. The largest absolute Gasteiger partial charge is 0.481 e. The van der Waals surface area contributed by atoms with E-state index in [9.17, 15) is 4.79 Å². The van der Waals surface area contributed by atoms with Gasteiger partial charge in [-0.15, -0.1) is 0 Å². The lowest BCUT2D eigenvalue weighted by atomic mass is 9.90. The van der Waals surface area contributed by atoms with E-state index in [2.05, 4.69) is 49.4 Å². The summed E-state index contributed by atoms with van der Waals surface area (Å²) in [5, 5.41) is 9.00. The van der Waals surface area contributed by atoms with E-state index in [0.29, 0.717) is 24.2 Å². The van der Waals surface area contributed by atoms with Gasteiger partial charge in [0.05, 0.1) is 0 Å². The Labute approximate surface area is 134 Å². The van der Waals surface area contributed by atoms with Gasteiger partial charge >= 0.3 is 5.97 Å². The van der Waals surface area contributed by atoms with Gasteiger partial charge in [-0.25, -0.2) is 0 Å². The summed E-state index contributed by atoms with van der Waals surface area (Å²) < 4.78 is 0. The van der Waals surface area contributed by atoms with Crippen LogP contribution in [-0.4, -0.2) is 11.1 Å². The maximum Gasteiger partial charge on any atom is 0.303 e. The summed E-state index contributed by atoms with van der Waals surface area (Å²) in [5.41, 5.74) is 1.40. The minimum Gasteiger partial charge on any atom is -0.481 e. The molecule has 1 fully saturated rings. The number of aryl methyl sites for hydroxylation is 1. The predicted molar refractivity (Wildman–Crippen MR) is 90.8 cm³/mol. The third kappa shape index (κ3) is 5.32. The van der Waals surface area contributed by atoms with Gasteiger partial charge in [-0.05, 0) is 55.4 Å². The number of aliphatic carboxylic acids is 1. The average Bonchev–Trinajstić information content (AvgIpc) is 2.95. The fourth-order valence-corrected chi connectivity index (χ4v) is 3.53. The molecule has 0 aromatic heterocycles. The Bertz CT molecular complexity index is 478. The van der Waals surface area contributed by atoms with Crippen molar-refractivity contribution in [1.29, 1.82) is 0 Å². The van der Waals surface area contributed by atoms with Gasteiger partial charge in [0.15, 0.2) is 0 Å². The highest BCUT2D eigenvalue weighted by molar-refractivity contribution is 5.67. The number of allylic oxidation sites excluding steroid dienone is 2. The Kier molecular flexibility index (Phi) is 6.70. The molecule has 0 radical (unpaired) electrons. The van der Waals surface area contributed by atoms with Crippen LogP contribution >= 0.6 is 0 Å². The van der Waals surface area contributed by atoms with Crippen LogP contribution in [0.1, 0.15) is 51.0 Å². The first kappa shape index (κ1) is 16.8. The van der Waals surface area contributed by atoms with Crippen molar-refractivity contribution in [3.8, 4) is 0 Å². The molecular weight excluding hydrogens is 272 g/mol. The molecule has 2 rings (SSSR count). The van der Waals surface area contributed by atoms with Gasteiger partial charge in [0.25, 0.3) is 0 Å². The van der Waals surface area contributed by atoms with Crippen LogP contribution in [0.2, 0.25) is 0 Å². The molecule has 1 aliphatic rings. The molecule has 0 saturated heterocycles. The number of carboxylic acid groups (broad SMARTS) is 1. The Morgan fingerprint density at radius 3 is 2.77 bits per heavy atom. The Balaban J connectivity index is 1.84. The molecule has 0 amide bonds. The lowest BCUT2D eigenvalue weighted by Crippen LogP contribution is -2.11. The van der Waals surface area contributed by atoms with Crippen LogP contribution in [0.25, 0.3) is 0 Å². The normalized spacial score (nSPS) is 23.0. The Morgan fingerprint density at radius 2 is 2.09 bits per heavy atom. The van der Waals surface area contributed by atoms with Crippen molar-refractivity contribution in [2.75, 3.05) is 0 Å². The zero-order valence-electron chi connectivity index (χ0n) is 13.6. The first-order chi connectivity index (χ1) is 10.7. The fraction of sp³-hybridized carbons (Fsp3) is 0.550. The smallest absolute Gasteiger partial charge is 0.303 e. The third-order valence-corrected chi connectivity index (χ3v) is 4.96. The molecule has 2 unspecified atom stereocenters. The molecule has 0 aliphatic heterocycles. The van der Waals surface area contributed by atoms with Crippen LogP contribution in [0.5, 0.6) is 0 Å². The van der Waals surface area contributed by atoms with Crippen molar-refractivity contribution in [2.24, 2.45) is 17.8 Å². The van der Waals surface area contributed by atoms with Gasteiger partial charge in [0, 0.05) is 6.42 Å². The molecule has 1 aromatic rings. The molecule has 0 spiro atoms. The topological polar surface area (TPSA) is 37.3 Å². The second kappa shape index (κ2) is 8.77. The van der Waals surface area contributed by atoms with Crippen LogP contribution in [0.4, 0.5) is 0 Å². The van der Waals surface area contributed by atoms with Gasteiger partial charge in [0.1, 0.15) is 0 Å². The zero-order valence-corrected chi connectivity index (χ0v) is 13.6. The third-order valence-electron chi connectivity index (χ3n) is 4.96. The molecule has 2 nitrogen and oxygen atoms in total. The quantitative estimate of drug-likeness (QED) is 0.679. The van der Waals surface area contributed by atoms with Crippen molar-refractivity contribution in [1.82, 2.24) is 0 Å². The summed E-state index contributed by atoms with van der Waals surface area (Å²) in [4.78, 5) is 10.9. The molecule has 1 N–H and O–H groups in total. The van der Waals surface area contributed by atoms with E-state index in [1.54, 1.807) is 0 Å². The summed E-state index contributed by atoms with van der Waals surface area (Å²) in [6, 6.07) is 10.6. The summed E-state index contributed by atoms with van der Waals surface area (Å²) in [6.07, 6.45) is 11.8. The zero-order chi connectivity index (χ0) is 15.8. The molecule has 1 aromatic carbocycles. The van der Waals surface area contributed by atoms with Gasteiger partial charge < -0.3 is 5.11 Å². The number of carbonyl (C=O) groups is 1. The monoisotopic (exact) mass is 300 g/mol. The molecule has 0 heterocycles. The van der Waals surface area contributed by atoms with Crippen LogP contribution in [0, 0.1) is 17.8 Å². The van der Waals surface area contributed by atoms with Crippen molar-refractivity contribution in [3.05, 3.63) is 48.0 Å². The van der Waals surface area contributed by atoms with Crippen LogP contribution in [-0.2, 0) is 11.2 Å². The lowest BCUT2D eigenvalue weighted by molar-refractivity contribution is -0.138. The highest BCUT2D eigenvalue weighted by Crippen LogP contribution is 2.35. The molecule has 2 heteroatoms. The van der Waals surface area contributed by atoms with Gasteiger partial charge in [-0.3, -0.25) is 4.79 Å². The fourth-order valence-electron chi connectivity index (χ4n) is 3.53. The van der Waals surface area contributed by atoms with Crippen LogP contribution in [0.15, 0.2) is 42.5 Å². The first-order valence-corrected chi connectivity index (χ1v) is 8.63. The summed E-state index contributed by atoms with van der Waals surface area (Å²) in [6.45, 7) is 2.24. The van der Waals surface area contributed by atoms with Crippen molar-refractivity contribution < 1.29 is 9.90 Å². The maximum atomic E-state index is 10.9. The van der Waals surface area contributed by atoms with Gasteiger partial charge in [0.2, 0.25) is 0 Å².